The summed E-state index contributed by atoms with van der Waals surface area (Å²) in [7, 11) is 0. The number of amides is 1. The molecule has 1 aliphatic rings. The Hall–Kier alpha value is -3.97. The molecule has 6 nitrogen and oxygen atoms in total. The molecular formula is C26H19N3O3S. The van der Waals surface area contributed by atoms with E-state index in [1.54, 1.807) is 17.3 Å². The van der Waals surface area contributed by atoms with Crippen molar-refractivity contribution in [2.75, 3.05) is 11.7 Å². The van der Waals surface area contributed by atoms with E-state index >= 15 is 0 Å². The molecule has 162 valence electrons. The highest BCUT2D eigenvalue weighted by atomic mass is 32.1. The Balaban J connectivity index is 1.38. The van der Waals surface area contributed by atoms with Gasteiger partial charge < -0.3 is 9.47 Å². The molecule has 3 heterocycles. The molecule has 0 aliphatic carbocycles. The SMILES string of the molecule is O=C(Cc1cccc2ccccc12)N(Cc1cccnc1)c1nc2cc3c(cc2s1)OCO3. The topological polar surface area (TPSA) is 64.6 Å². The van der Waals surface area contributed by atoms with Gasteiger partial charge in [0.05, 0.1) is 23.2 Å². The zero-order valence-corrected chi connectivity index (χ0v) is 18.4. The quantitative estimate of drug-likeness (QED) is 0.359. The molecule has 33 heavy (non-hydrogen) atoms. The highest BCUT2D eigenvalue weighted by molar-refractivity contribution is 7.22. The summed E-state index contributed by atoms with van der Waals surface area (Å²) >= 11 is 1.47. The Morgan fingerprint density at radius 2 is 1.85 bits per heavy atom. The van der Waals surface area contributed by atoms with Crippen molar-refractivity contribution in [3.63, 3.8) is 0 Å². The smallest absolute Gasteiger partial charge is 0.233 e. The van der Waals surface area contributed by atoms with Crippen molar-refractivity contribution in [2.24, 2.45) is 0 Å². The van der Waals surface area contributed by atoms with Crippen molar-refractivity contribution < 1.29 is 14.3 Å². The van der Waals surface area contributed by atoms with Crippen molar-refractivity contribution in [1.82, 2.24) is 9.97 Å². The van der Waals surface area contributed by atoms with Crippen LogP contribution in [0.5, 0.6) is 11.5 Å². The van der Waals surface area contributed by atoms with Gasteiger partial charge in [-0.05, 0) is 28.0 Å². The van der Waals surface area contributed by atoms with Crippen LogP contribution in [0.4, 0.5) is 5.13 Å². The number of hydrogen-bond acceptors (Lipinski definition) is 6. The minimum Gasteiger partial charge on any atom is -0.454 e. The minimum atomic E-state index is -0.0192. The maximum atomic E-state index is 13.7. The number of fused-ring (bicyclic) bond motifs is 3. The molecule has 0 N–H and O–H groups in total. The van der Waals surface area contributed by atoms with Gasteiger partial charge in [0, 0.05) is 24.5 Å². The number of ether oxygens (including phenoxy) is 2. The van der Waals surface area contributed by atoms with Crippen LogP contribution in [0, 0.1) is 0 Å². The molecule has 0 saturated carbocycles. The summed E-state index contributed by atoms with van der Waals surface area (Å²) in [6, 6.07) is 21.8. The van der Waals surface area contributed by atoms with Crippen LogP contribution in [-0.4, -0.2) is 22.7 Å². The summed E-state index contributed by atoms with van der Waals surface area (Å²) in [5.41, 5.74) is 2.72. The summed E-state index contributed by atoms with van der Waals surface area (Å²) in [5.74, 6) is 1.37. The molecule has 6 rings (SSSR count). The van der Waals surface area contributed by atoms with E-state index in [9.17, 15) is 4.79 Å². The van der Waals surface area contributed by atoms with Crippen LogP contribution >= 0.6 is 11.3 Å². The lowest BCUT2D eigenvalue weighted by Crippen LogP contribution is -2.31. The molecule has 0 fully saturated rings. The second kappa shape index (κ2) is 8.18. The lowest BCUT2D eigenvalue weighted by molar-refractivity contribution is -0.118. The van der Waals surface area contributed by atoms with E-state index in [0.717, 1.165) is 32.1 Å². The molecule has 1 aliphatic heterocycles. The third kappa shape index (κ3) is 3.76. The summed E-state index contributed by atoms with van der Waals surface area (Å²) in [6.45, 7) is 0.611. The molecule has 0 bridgehead atoms. The van der Waals surface area contributed by atoms with E-state index in [2.05, 4.69) is 23.2 Å². The molecule has 0 radical (unpaired) electrons. The summed E-state index contributed by atoms with van der Waals surface area (Å²) in [4.78, 5) is 24.4. The molecule has 1 amide bonds. The molecule has 2 aromatic heterocycles. The van der Waals surface area contributed by atoms with Crippen LogP contribution in [0.2, 0.25) is 0 Å². The van der Waals surface area contributed by atoms with Crippen molar-refractivity contribution in [3.8, 4) is 11.5 Å². The Labute approximate surface area is 194 Å². The number of nitrogens with zero attached hydrogens (tertiary/aromatic N) is 3. The first kappa shape index (κ1) is 19.7. The van der Waals surface area contributed by atoms with E-state index < -0.39 is 0 Å². The van der Waals surface area contributed by atoms with Gasteiger partial charge in [-0.25, -0.2) is 4.98 Å². The average Bonchev–Trinajstić information content (AvgIpc) is 3.47. The van der Waals surface area contributed by atoms with Crippen molar-refractivity contribution >= 4 is 43.4 Å². The van der Waals surface area contributed by atoms with Gasteiger partial charge in [0.1, 0.15) is 0 Å². The van der Waals surface area contributed by atoms with Crippen molar-refractivity contribution in [1.29, 1.82) is 0 Å². The Kier molecular flexibility index (Phi) is 4.88. The number of hydrogen-bond donors (Lipinski definition) is 0. The predicted molar refractivity (Wildman–Crippen MR) is 129 cm³/mol. The van der Waals surface area contributed by atoms with Gasteiger partial charge in [0.2, 0.25) is 12.7 Å². The Morgan fingerprint density at radius 3 is 2.73 bits per heavy atom. The van der Waals surface area contributed by atoms with Crippen LogP contribution in [0.1, 0.15) is 11.1 Å². The van der Waals surface area contributed by atoms with Gasteiger partial charge in [-0.1, -0.05) is 59.9 Å². The first-order chi connectivity index (χ1) is 16.2. The monoisotopic (exact) mass is 453 g/mol. The van der Waals surface area contributed by atoms with Gasteiger partial charge in [0.25, 0.3) is 0 Å². The van der Waals surface area contributed by atoms with Crippen molar-refractivity contribution in [2.45, 2.75) is 13.0 Å². The van der Waals surface area contributed by atoms with Gasteiger partial charge in [0.15, 0.2) is 16.6 Å². The summed E-state index contributed by atoms with van der Waals surface area (Å²) in [5, 5.41) is 2.85. The van der Waals surface area contributed by atoms with E-state index in [1.807, 2.05) is 48.5 Å². The second-order valence-electron chi connectivity index (χ2n) is 7.83. The molecule has 0 spiro atoms. The van der Waals surface area contributed by atoms with E-state index in [-0.39, 0.29) is 19.1 Å². The standard InChI is InChI=1S/C26H19N3O3S/c30-25(11-19-8-3-7-18-6-1-2-9-20(18)19)29(15-17-5-4-10-27-14-17)26-28-21-12-22-23(32-16-31-22)13-24(21)33-26/h1-10,12-14H,11,15-16H2. The molecule has 0 unspecified atom stereocenters. The lowest BCUT2D eigenvalue weighted by atomic mass is 10.0. The number of thiazole rings is 1. The number of carbonyl (C=O) groups is 1. The number of anilines is 1. The first-order valence-electron chi connectivity index (χ1n) is 10.6. The van der Waals surface area contributed by atoms with Gasteiger partial charge in [-0.3, -0.25) is 14.7 Å². The second-order valence-corrected chi connectivity index (χ2v) is 8.83. The highest BCUT2D eigenvalue weighted by Gasteiger charge is 2.23. The van der Waals surface area contributed by atoms with Crippen LogP contribution in [0.15, 0.2) is 79.1 Å². The molecule has 5 aromatic rings. The number of rotatable bonds is 5. The fourth-order valence-corrected chi connectivity index (χ4v) is 5.06. The highest BCUT2D eigenvalue weighted by Crippen LogP contribution is 2.40. The fourth-order valence-electron chi connectivity index (χ4n) is 4.06. The van der Waals surface area contributed by atoms with E-state index in [0.29, 0.717) is 23.2 Å². The van der Waals surface area contributed by atoms with Crippen LogP contribution < -0.4 is 14.4 Å². The van der Waals surface area contributed by atoms with Gasteiger partial charge >= 0.3 is 0 Å². The number of aromatic nitrogens is 2. The fraction of sp³-hybridized carbons (Fsp3) is 0.115. The van der Waals surface area contributed by atoms with Gasteiger partial charge in [-0.2, -0.15) is 0 Å². The third-order valence-corrected chi connectivity index (χ3v) is 6.73. The number of benzene rings is 3. The summed E-state index contributed by atoms with van der Waals surface area (Å²) in [6.07, 6.45) is 3.78. The van der Waals surface area contributed by atoms with E-state index in [4.69, 9.17) is 14.5 Å². The van der Waals surface area contributed by atoms with Crippen molar-refractivity contribution in [3.05, 3.63) is 90.3 Å². The maximum absolute atomic E-state index is 13.7. The number of carbonyl (C=O) groups excluding carboxylic acids is 1. The van der Waals surface area contributed by atoms with Gasteiger partial charge in [-0.15, -0.1) is 0 Å². The molecule has 0 atom stereocenters. The largest absolute Gasteiger partial charge is 0.454 e. The predicted octanol–water partition coefficient (Wildman–Crippen LogP) is 5.35. The van der Waals surface area contributed by atoms with Crippen LogP contribution in [0.25, 0.3) is 21.0 Å². The first-order valence-corrected chi connectivity index (χ1v) is 11.4. The Morgan fingerprint density at radius 1 is 1.00 bits per heavy atom. The molecule has 7 heteroatoms. The molecular weight excluding hydrogens is 434 g/mol. The normalized spacial score (nSPS) is 12.4. The van der Waals surface area contributed by atoms with Crippen LogP contribution in [0.3, 0.4) is 0 Å². The average molecular weight is 454 g/mol. The number of pyridine rings is 1. The zero-order chi connectivity index (χ0) is 22.2. The molecule has 3 aromatic carbocycles. The Bertz CT molecular complexity index is 1440. The zero-order valence-electron chi connectivity index (χ0n) is 17.6. The van der Waals surface area contributed by atoms with E-state index in [1.165, 1.54) is 11.3 Å². The lowest BCUT2D eigenvalue weighted by Gasteiger charge is -2.20. The van der Waals surface area contributed by atoms with Crippen LogP contribution in [-0.2, 0) is 17.8 Å². The molecule has 0 saturated heterocycles. The maximum Gasteiger partial charge on any atom is 0.233 e. The minimum absolute atomic E-state index is 0.0192. The third-order valence-electron chi connectivity index (χ3n) is 5.69. The summed E-state index contributed by atoms with van der Waals surface area (Å²) < 4.78 is 11.9.